The summed E-state index contributed by atoms with van der Waals surface area (Å²) < 4.78 is 0. The molecule has 2 aromatic rings. The highest BCUT2D eigenvalue weighted by Crippen LogP contribution is 2.27. The first-order valence-corrected chi connectivity index (χ1v) is 8.67. The molecule has 0 unspecified atom stereocenters. The zero-order chi connectivity index (χ0) is 17.5. The number of hydrogen-bond acceptors (Lipinski definition) is 2. The topological polar surface area (TPSA) is 32.3 Å². The Kier molecular flexibility index (Phi) is 7.10. The van der Waals surface area contributed by atoms with Gasteiger partial charge in [0.1, 0.15) is 0 Å². The second-order valence-electron chi connectivity index (χ2n) is 5.96. The van der Waals surface area contributed by atoms with E-state index in [4.69, 9.17) is 23.2 Å². The second-order valence-corrected chi connectivity index (χ2v) is 6.80. The molecule has 0 atom stereocenters. The fourth-order valence-electron chi connectivity index (χ4n) is 2.46. The zero-order valence-electron chi connectivity index (χ0n) is 14.0. The Morgan fingerprint density at radius 3 is 2.46 bits per heavy atom. The number of rotatable bonds is 7. The predicted molar refractivity (Wildman–Crippen MR) is 101 cm³/mol. The third-order valence-corrected chi connectivity index (χ3v) is 4.31. The van der Waals surface area contributed by atoms with E-state index < -0.39 is 0 Å². The number of hydrogen-bond donors (Lipinski definition) is 1. The molecule has 24 heavy (non-hydrogen) atoms. The summed E-state index contributed by atoms with van der Waals surface area (Å²) in [5.41, 5.74) is 2.61. The minimum atomic E-state index is -0.135. The summed E-state index contributed by atoms with van der Waals surface area (Å²) in [7, 11) is 3.93. The highest BCUT2D eigenvalue weighted by atomic mass is 35.5. The Hall–Kier alpha value is -1.55. The van der Waals surface area contributed by atoms with Crippen LogP contribution in [0.2, 0.25) is 10.0 Å². The highest BCUT2D eigenvalue weighted by molar-refractivity contribution is 6.35. The number of carbonyl (C=O) groups is 1. The van der Waals surface area contributed by atoms with E-state index in [2.05, 4.69) is 17.4 Å². The Bertz CT molecular complexity index is 687. The van der Waals surface area contributed by atoms with Gasteiger partial charge in [-0.3, -0.25) is 4.79 Å². The largest absolute Gasteiger partial charge is 0.351 e. The number of nitrogens with zero attached hydrogens (tertiary/aromatic N) is 1. The van der Waals surface area contributed by atoms with Crippen molar-refractivity contribution in [3.05, 3.63) is 69.2 Å². The van der Waals surface area contributed by atoms with E-state index in [1.54, 1.807) is 12.1 Å². The van der Waals surface area contributed by atoms with Crippen molar-refractivity contribution in [3.8, 4) is 0 Å². The molecule has 2 aromatic carbocycles. The van der Waals surface area contributed by atoms with Crippen LogP contribution in [0.3, 0.4) is 0 Å². The molecule has 0 aliphatic rings. The van der Waals surface area contributed by atoms with Crippen molar-refractivity contribution in [2.24, 2.45) is 0 Å². The van der Waals surface area contributed by atoms with Crippen molar-refractivity contribution in [1.82, 2.24) is 10.2 Å². The maximum atomic E-state index is 12.5. The van der Waals surface area contributed by atoms with Crippen LogP contribution in [0, 0.1) is 0 Å². The minimum absolute atomic E-state index is 0.135. The molecular formula is C19H22Cl2N2O. The van der Waals surface area contributed by atoms with Gasteiger partial charge in [-0.05, 0) is 50.2 Å². The number of aryl methyl sites for hydroxylation is 1. The first-order valence-electron chi connectivity index (χ1n) is 7.92. The Balaban J connectivity index is 2.15. The Morgan fingerprint density at radius 1 is 1.08 bits per heavy atom. The smallest absolute Gasteiger partial charge is 0.251 e. The van der Waals surface area contributed by atoms with E-state index in [0.29, 0.717) is 28.6 Å². The van der Waals surface area contributed by atoms with Crippen LogP contribution in [0.1, 0.15) is 21.5 Å². The molecule has 0 saturated carbocycles. The number of likely N-dealkylation sites (N-methyl/N-ethyl adjacent to an activating group) is 1. The number of carbonyl (C=O) groups excluding carboxylic acids is 1. The van der Waals surface area contributed by atoms with Gasteiger partial charge in [0.15, 0.2) is 0 Å². The van der Waals surface area contributed by atoms with Gasteiger partial charge in [-0.25, -0.2) is 0 Å². The molecule has 0 spiro atoms. The maximum absolute atomic E-state index is 12.5. The first-order chi connectivity index (χ1) is 11.5. The summed E-state index contributed by atoms with van der Waals surface area (Å²) >= 11 is 12.5. The van der Waals surface area contributed by atoms with E-state index in [-0.39, 0.29) is 5.91 Å². The van der Waals surface area contributed by atoms with Crippen LogP contribution in [0.25, 0.3) is 0 Å². The monoisotopic (exact) mass is 364 g/mol. The van der Waals surface area contributed by atoms with Crippen molar-refractivity contribution in [3.63, 3.8) is 0 Å². The number of halogens is 2. The van der Waals surface area contributed by atoms with Gasteiger partial charge in [0.05, 0.1) is 0 Å². The van der Waals surface area contributed by atoms with Crippen LogP contribution in [-0.4, -0.2) is 38.0 Å². The van der Waals surface area contributed by atoms with Gasteiger partial charge < -0.3 is 10.2 Å². The predicted octanol–water partition coefficient (Wildman–Crippen LogP) is 4.07. The minimum Gasteiger partial charge on any atom is -0.351 e. The standard InChI is InChI=1S/C19H22Cl2N2O/c1-23(2)11-10-22-19(24)17-12-15(20)13-18(21)16(17)9-8-14-6-4-3-5-7-14/h3-7,12-13H,8-11H2,1-2H3,(H,22,24). The summed E-state index contributed by atoms with van der Waals surface area (Å²) in [6, 6.07) is 13.5. The molecule has 1 amide bonds. The van der Waals surface area contributed by atoms with Crippen molar-refractivity contribution in [1.29, 1.82) is 0 Å². The third kappa shape index (κ3) is 5.52. The second kappa shape index (κ2) is 9.07. The van der Waals surface area contributed by atoms with Crippen molar-refractivity contribution in [2.75, 3.05) is 27.2 Å². The van der Waals surface area contributed by atoms with Gasteiger partial charge in [-0.15, -0.1) is 0 Å². The Labute approximate surface area is 153 Å². The van der Waals surface area contributed by atoms with E-state index >= 15 is 0 Å². The van der Waals surface area contributed by atoms with Crippen molar-refractivity contribution < 1.29 is 4.79 Å². The van der Waals surface area contributed by atoms with E-state index in [9.17, 15) is 4.79 Å². The average molecular weight is 365 g/mol. The van der Waals surface area contributed by atoms with Crippen LogP contribution >= 0.6 is 23.2 Å². The molecular weight excluding hydrogens is 343 g/mol. The molecule has 0 heterocycles. The zero-order valence-corrected chi connectivity index (χ0v) is 15.5. The van der Waals surface area contributed by atoms with Crippen molar-refractivity contribution >= 4 is 29.1 Å². The SMILES string of the molecule is CN(C)CCNC(=O)c1cc(Cl)cc(Cl)c1CCc1ccccc1. The quantitative estimate of drug-likeness (QED) is 0.802. The highest BCUT2D eigenvalue weighted by Gasteiger charge is 2.15. The molecule has 0 aliphatic carbocycles. The lowest BCUT2D eigenvalue weighted by Gasteiger charge is -2.14. The summed E-state index contributed by atoms with van der Waals surface area (Å²) in [6.45, 7) is 1.35. The van der Waals surface area contributed by atoms with Crippen LogP contribution in [0.15, 0.2) is 42.5 Å². The summed E-state index contributed by atoms with van der Waals surface area (Å²) in [6.07, 6.45) is 1.51. The number of amides is 1. The van der Waals surface area contributed by atoms with Crippen LogP contribution in [-0.2, 0) is 12.8 Å². The fraction of sp³-hybridized carbons (Fsp3) is 0.316. The number of benzene rings is 2. The third-order valence-electron chi connectivity index (χ3n) is 3.76. The molecule has 0 bridgehead atoms. The van der Waals surface area contributed by atoms with Crippen LogP contribution in [0.4, 0.5) is 0 Å². The Morgan fingerprint density at radius 2 is 1.79 bits per heavy atom. The molecule has 3 nitrogen and oxygen atoms in total. The lowest BCUT2D eigenvalue weighted by atomic mass is 9.99. The van der Waals surface area contributed by atoms with Gasteiger partial charge in [-0.1, -0.05) is 53.5 Å². The van der Waals surface area contributed by atoms with E-state index in [1.165, 1.54) is 5.56 Å². The van der Waals surface area contributed by atoms with Crippen molar-refractivity contribution in [2.45, 2.75) is 12.8 Å². The number of nitrogens with one attached hydrogen (secondary N) is 1. The lowest BCUT2D eigenvalue weighted by Crippen LogP contribution is -2.32. The van der Waals surface area contributed by atoms with E-state index in [0.717, 1.165) is 18.5 Å². The molecule has 1 N–H and O–H groups in total. The fourth-order valence-corrected chi connectivity index (χ4v) is 3.05. The van der Waals surface area contributed by atoms with Gasteiger partial charge >= 0.3 is 0 Å². The lowest BCUT2D eigenvalue weighted by molar-refractivity contribution is 0.0950. The summed E-state index contributed by atoms with van der Waals surface area (Å²) in [5, 5.41) is 3.94. The molecule has 0 saturated heterocycles. The van der Waals surface area contributed by atoms with Gasteiger partial charge in [0, 0.05) is 28.7 Å². The molecule has 5 heteroatoms. The van der Waals surface area contributed by atoms with Crippen LogP contribution in [0.5, 0.6) is 0 Å². The molecule has 0 aromatic heterocycles. The molecule has 128 valence electrons. The molecule has 2 rings (SSSR count). The molecule has 0 fully saturated rings. The average Bonchev–Trinajstić information content (AvgIpc) is 2.54. The molecule has 0 aliphatic heterocycles. The summed E-state index contributed by atoms with van der Waals surface area (Å²) in [4.78, 5) is 14.5. The first kappa shape index (κ1) is 18.8. The van der Waals surface area contributed by atoms with Gasteiger partial charge in [0.2, 0.25) is 0 Å². The maximum Gasteiger partial charge on any atom is 0.251 e. The van der Waals surface area contributed by atoms with Gasteiger partial charge in [0.25, 0.3) is 5.91 Å². The van der Waals surface area contributed by atoms with Gasteiger partial charge in [-0.2, -0.15) is 0 Å². The summed E-state index contributed by atoms with van der Waals surface area (Å²) in [5.74, 6) is -0.135. The molecule has 0 radical (unpaired) electrons. The van der Waals surface area contributed by atoms with Crippen LogP contribution < -0.4 is 5.32 Å². The van der Waals surface area contributed by atoms with E-state index in [1.807, 2.05) is 37.2 Å². The normalized spacial score (nSPS) is 10.9.